The maximum atomic E-state index is 11.1. The van der Waals surface area contributed by atoms with Gasteiger partial charge in [0.2, 0.25) is 10.1 Å². The molecule has 0 spiro atoms. The monoisotopic (exact) mass is 305 g/mol. The molecule has 1 aromatic carbocycles. The Kier molecular flexibility index (Phi) is 2.93. The molecule has 102 valence electrons. The van der Waals surface area contributed by atoms with Gasteiger partial charge in [-0.2, -0.15) is 16.8 Å². The molecule has 1 heterocycles. The lowest BCUT2D eigenvalue weighted by Gasteiger charge is -2.05. The van der Waals surface area contributed by atoms with Gasteiger partial charge in [0, 0.05) is 5.69 Å². The molecular formula is C8H7N3O6S2. The minimum absolute atomic E-state index is 0.00535. The fourth-order valence-electron chi connectivity index (χ4n) is 1.38. The average Bonchev–Trinajstić information content (AvgIpc) is 2.24. The Balaban J connectivity index is 2.99. The fourth-order valence-corrected chi connectivity index (χ4v) is 2.97. The number of benzene rings is 1. The summed E-state index contributed by atoms with van der Waals surface area (Å²) in [4.78, 5) is 6.91. The van der Waals surface area contributed by atoms with Crippen LogP contribution >= 0.6 is 0 Å². The molecule has 0 saturated carbocycles. The highest BCUT2D eigenvalue weighted by molar-refractivity contribution is 7.88. The molecule has 11 heteroatoms. The largest absolute Gasteiger partial charge is 0.399 e. The zero-order valence-electron chi connectivity index (χ0n) is 9.05. The summed E-state index contributed by atoms with van der Waals surface area (Å²) in [6.45, 7) is 0. The van der Waals surface area contributed by atoms with E-state index in [0.717, 1.165) is 0 Å². The summed E-state index contributed by atoms with van der Waals surface area (Å²) in [5, 5.41) is -2.50. The number of aromatic nitrogens is 2. The normalized spacial score (nSPS) is 12.7. The van der Waals surface area contributed by atoms with Crippen molar-refractivity contribution < 1.29 is 25.9 Å². The predicted molar refractivity (Wildman–Crippen MR) is 63.6 cm³/mol. The smallest absolute Gasteiger partial charge is 0.315 e. The van der Waals surface area contributed by atoms with Gasteiger partial charge in [-0.15, -0.1) is 0 Å². The second-order valence-electron chi connectivity index (χ2n) is 3.53. The quantitative estimate of drug-likeness (QED) is 0.499. The van der Waals surface area contributed by atoms with Gasteiger partial charge in [-0.3, -0.25) is 9.11 Å². The van der Waals surface area contributed by atoms with Crippen LogP contribution in [0, 0.1) is 0 Å². The lowest BCUT2D eigenvalue weighted by atomic mass is 10.3. The first-order valence-corrected chi connectivity index (χ1v) is 7.49. The first-order valence-electron chi connectivity index (χ1n) is 4.61. The van der Waals surface area contributed by atoms with E-state index in [1.54, 1.807) is 0 Å². The van der Waals surface area contributed by atoms with Crippen molar-refractivity contribution in [1.82, 2.24) is 9.97 Å². The molecule has 2 aromatic rings. The second kappa shape index (κ2) is 4.09. The number of hydrogen-bond acceptors (Lipinski definition) is 7. The maximum absolute atomic E-state index is 11.1. The van der Waals surface area contributed by atoms with Gasteiger partial charge in [0.1, 0.15) is 0 Å². The first kappa shape index (κ1) is 13.6. The Morgan fingerprint density at radius 1 is 0.895 bits per heavy atom. The summed E-state index contributed by atoms with van der Waals surface area (Å²) in [7, 11) is -9.94. The third-order valence-electron chi connectivity index (χ3n) is 2.12. The van der Waals surface area contributed by atoms with E-state index in [4.69, 9.17) is 14.8 Å². The van der Waals surface area contributed by atoms with Crippen molar-refractivity contribution in [2.24, 2.45) is 0 Å². The van der Waals surface area contributed by atoms with Gasteiger partial charge in [-0.05, 0) is 18.2 Å². The van der Waals surface area contributed by atoms with Gasteiger partial charge in [0.05, 0.1) is 11.0 Å². The van der Waals surface area contributed by atoms with Gasteiger partial charge in [0.15, 0.2) is 0 Å². The molecule has 0 saturated heterocycles. The molecule has 0 amide bonds. The molecule has 0 radical (unpaired) electrons. The fraction of sp³-hybridized carbons (Fsp3) is 0. The van der Waals surface area contributed by atoms with Gasteiger partial charge >= 0.3 is 20.2 Å². The van der Waals surface area contributed by atoms with Gasteiger partial charge < -0.3 is 5.73 Å². The van der Waals surface area contributed by atoms with E-state index >= 15 is 0 Å². The summed E-state index contributed by atoms with van der Waals surface area (Å²) >= 11 is 0. The molecule has 0 unspecified atom stereocenters. The molecule has 19 heavy (non-hydrogen) atoms. The van der Waals surface area contributed by atoms with E-state index in [2.05, 4.69) is 9.97 Å². The van der Waals surface area contributed by atoms with Gasteiger partial charge in [-0.25, -0.2) is 9.97 Å². The molecule has 0 aliphatic rings. The number of anilines is 1. The SMILES string of the molecule is Nc1ccc2nc(S(=O)(=O)O)c(S(=O)(=O)O)nc2c1. The molecule has 9 nitrogen and oxygen atoms in total. The van der Waals surface area contributed by atoms with Crippen molar-refractivity contribution in [3.63, 3.8) is 0 Å². The van der Waals surface area contributed by atoms with Crippen molar-refractivity contribution in [1.29, 1.82) is 0 Å². The van der Waals surface area contributed by atoms with Crippen LogP contribution in [-0.2, 0) is 20.2 Å². The Bertz CT molecular complexity index is 875. The van der Waals surface area contributed by atoms with Crippen LogP contribution in [0.4, 0.5) is 5.69 Å². The zero-order valence-corrected chi connectivity index (χ0v) is 10.7. The molecule has 0 atom stereocenters. The summed E-state index contributed by atoms with van der Waals surface area (Å²) in [5.74, 6) is 0. The molecule has 0 fully saturated rings. The van der Waals surface area contributed by atoms with E-state index in [-0.39, 0.29) is 16.7 Å². The maximum Gasteiger partial charge on any atom is 0.315 e. The van der Waals surface area contributed by atoms with E-state index in [9.17, 15) is 16.8 Å². The lowest BCUT2D eigenvalue weighted by molar-refractivity contribution is 0.458. The summed E-state index contributed by atoms with van der Waals surface area (Å²) in [6, 6.07) is 3.92. The van der Waals surface area contributed by atoms with Crippen molar-refractivity contribution in [2.75, 3.05) is 5.73 Å². The first-order chi connectivity index (χ1) is 8.59. The molecular weight excluding hydrogens is 298 g/mol. The van der Waals surface area contributed by atoms with Gasteiger partial charge in [0.25, 0.3) is 0 Å². The Morgan fingerprint density at radius 3 is 1.84 bits per heavy atom. The third kappa shape index (κ3) is 2.63. The Labute approximate surface area is 107 Å². The minimum atomic E-state index is -4.97. The predicted octanol–water partition coefficient (Wildman–Crippen LogP) is -0.295. The number of hydrogen-bond donors (Lipinski definition) is 3. The summed E-state index contributed by atoms with van der Waals surface area (Å²) in [6.07, 6.45) is 0. The molecule has 0 aliphatic heterocycles. The van der Waals surface area contributed by atoms with Gasteiger partial charge in [-0.1, -0.05) is 0 Å². The number of rotatable bonds is 2. The Morgan fingerprint density at radius 2 is 1.37 bits per heavy atom. The van der Waals surface area contributed by atoms with Crippen LogP contribution in [0.1, 0.15) is 0 Å². The number of nitrogen functional groups attached to an aromatic ring is 1. The minimum Gasteiger partial charge on any atom is -0.399 e. The molecule has 0 bridgehead atoms. The van der Waals surface area contributed by atoms with Crippen molar-refractivity contribution >= 4 is 37.0 Å². The van der Waals surface area contributed by atoms with Crippen LogP contribution in [-0.4, -0.2) is 35.9 Å². The molecule has 1 aromatic heterocycles. The highest BCUT2D eigenvalue weighted by Crippen LogP contribution is 2.21. The second-order valence-corrected chi connectivity index (χ2v) is 6.21. The van der Waals surface area contributed by atoms with E-state index in [0.29, 0.717) is 0 Å². The topological polar surface area (TPSA) is 161 Å². The lowest BCUT2D eigenvalue weighted by Crippen LogP contribution is -2.13. The zero-order chi connectivity index (χ0) is 14.4. The molecule has 0 aliphatic carbocycles. The molecule has 4 N–H and O–H groups in total. The van der Waals surface area contributed by atoms with Crippen LogP contribution in [0.3, 0.4) is 0 Å². The summed E-state index contributed by atoms with van der Waals surface area (Å²) in [5.41, 5.74) is 5.65. The van der Waals surface area contributed by atoms with Crippen LogP contribution < -0.4 is 5.73 Å². The van der Waals surface area contributed by atoms with Crippen LogP contribution in [0.15, 0.2) is 28.3 Å². The molecule has 2 rings (SSSR count). The van der Waals surface area contributed by atoms with Crippen molar-refractivity contribution in [3.05, 3.63) is 18.2 Å². The van der Waals surface area contributed by atoms with E-state index in [1.165, 1.54) is 18.2 Å². The van der Waals surface area contributed by atoms with Crippen LogP contribution in [0.2, 0.25) is 0 Å². The van der Waals surface area contributed by atoms with E-state index in [1.807, 2.05) is 0 Å². The number of fused-ring (bicyclic) bond motifs is 1. The number of nitrogens with zero attached hydrogens (tertiary/aromatic N) is 2. The highest BCUT2D eigenvalue weighted by Gasteiger charge is 2.28. The average molecular weight is 305 g/mol. The third-order valence-corrected chi connectivity index (χ3v) is 3.79. The summed E-state index contributed by atoms with van der Waals surface area (Å²) < 4.78 is 62.1. The highest BCUT2D eigenvalue weighted by atomic mass is 32.2. The van der Waals surface area contributed by atoms with E-state index < -0.39 is 30.3 Å². The Hall–Kier alpha value is -1.82. The van der Waals surface area contributed by atoms with Crippen molar-refractivity contribution in [3.8, 4) is 0 Å². The standard InChI is InChI=1S/C8H7N3O6S2/c9-4-1-2-5-6(3-4)11-8(19(15,16)17)7(10-5)18(12,13)14/h1-3H,9H2,(H,12,13,14)(H,15,16,17). The van der Waals surface area contributed by atoms with Crippen LogP contribution in [0.25, 0.3) is 11.0 Å². The van der Waals surface area contributed by atoms with Crippen LogP contribution in [0.5, 0.6) is 0 Å². The van der Waals surface area contributed by atoms with Crippen molar-refractivity contribution in [2.45, 2.75) is 10.1 Å². The number of nitrogens with two attached hydrogens (primary N) is 1.